The Labute approximate surface area is 256 Å². The fraction of sp³-hybridized carbons (Fsp3) is 0.0909. The molecule has 0 aliphatic rings. The van der Waals surface area contributed by atoms with Crippen LogP contribution >= 0.6 is 0 Å². The summed E-state index contributed by atoms with van der Waals surface area (Å²) in [6.45, 7) is 0. The van der Waals surface area contributed by atoms with Gasteiger partial charge in [-0.25, -0.2) is 16.8 Å². The number of nitrogens with zero attached hydrogens (tertiary/aromatic N) is 4. The van der Waals surface area contributed by atoms with E-state index in [-0.39, 0.29) is 72.7 Å². The van der Waals surface area contributed by atoms with Crippen LogP contribution in [0.15, 0.2) is 97.6 Å². The fourth-order valence-corrected chi connectivity index (χ4v) is 4.54. The summed E-state index contributed by atoms with van der Waals surface area (Å²) in [6.07, 6.45) is 5.14. The van der Waals surface area contributed by atoms with Gasteiger partial charge in [0.25, 0.3) is 0 Å². The zero-order valence-electron chi connectivity index (χ0n) is 21.5. The Balaban J connectivity index is -0.000000193. The van der Waals surface area contributed by atoms with Gasteiger partial charge in [0.2, 0.25) is 9.87 Å². The molecule has 0 amide bonds. The molecule has 21 heteroatoms. The van der Waals surface area contributed by atoms with Gasteiger partial charge in [0.15, 0.2) is 0 Å². The van der Waals surface area contributed by atoms with Crippen molar-refractivity contribution in [2.24, 2.45) is 0 Å². The van der Waals surface area contributed by atoms with Gasteiger partial charge < -0.3 is 52.2 Å². The minimum Gasteiger partial charge on any atom is -0.745 e. The van der Waals surface area contributed by atoms with Gasteiger partial charge in [-0.3, -0.25) is 19.9 Å². The van der Waals surface area contributed by atoms with Crippen molar-refractivity contribution in [3.8, 4) is 0 Å². The molecule has 0 aromatic carbocycles. The summed E-state index contributed by atoms with van der Waals surface area (Å²) in [5, 5.41) is 20.5. The van der Waals surface area contributed by atoms with Crippen LogP contribution in [0.2, 0.25) is 0 Å². The minimum atomic E-state index is -5.09. The second-order valence-electron chi connectivity index (χ2n) is 7.06. The van der Waals surface area contributed by atoms with Crippen LogP contribution in [0.25, 0.3) is 0 Å². The van der Waals surface area contributed by atoms with Gasteiger partial charge in [-0.1, -0.05) is 24.3 Å². The molecule has 4 aromatic heterocycles. The van der Waals surface area contributed by atoms with Gasteiger partial charge in [0, 0.05) is 24.8 Å². The van der Waals surface area contributed by atoms with Crippen LogP contribution in [-0.4, -0.2) is 88.9 Å². The summed E-state index contributed by atoms with van der Waals surface area (Å²) in [5.41, 5.74) is -1.12. The quantitative estimate of drug-likeness (QED) is 0.142. The molecular formula is C22H30CuN4O14S2. The number of hydrogen-bond donors (Lipinski definition) is 2. The van der Waals surface area contributed by atoms with Gasteiger partial charge in [-0.05, 0) is 48.5 Å². The van der Waals surface area contributed by atoms with Crippen LogP contribution in [0.4, 0.5) is 0 Å². The van der Waals surface area contributed by atoms with Crippen LogP contribution in [0.5, 0.6) is 0 Å². The number of rotatable bonds is 6. The first-order valence-electron chi connectivity index (χ1n) is 9.94. The van der Waals surface area contributed by atoms with Crippen molar-refractivity contribution in [1.82, 2.24) is 19.9 Å². The Bertz CT molecular complexity index is 1310. The van der Waals surface area contributed by atoms with E-state index in [1.165, 1.54) is 73.3 Å². The third-order valence-corrected chi connectivity index (χ3v) is 7.06. The van der Waals surface area contributed by atoms with Crippen LogP contribution in [0, 0.1) is 0 Å². The Kier molecular flexibility index (Phi) is 22.6. The zero-order chi connectivity index (χ0) is 26.5. The minimum absolute atomic E-state index is 0. The molecule has 0 unspecified atom stereocenters. The summed E-state index contributed by atoms with van der Waals surface area (Å²) in [4.78, 5) is 9.33. The number of aliphatic hydroxyl groups is 2. The molecule has 18 nitrogen and oxygen atoms in total. The molecule has 0 atom stereocenters. The van der Waals surface area contributed by atoms with Crippen molar-refractivity contribution in [2.45, 2.75) is 9.87 Å². The molecule has 245 valence electrons. The van der Waals surface area contributed by atoms with E-state index in [0.29, 0.717) is 0 Å². The van der Waals surface area contributed by atoms with E-state index in [2.05, 4.69) is 19.9 Å². The summed E-state index contributed by atoms with van der Waals surface area (Å²) < 4.78 is 68.2. The van der Waals surface area contributed by atoms with Gasteiger partial charge in [0.1, 0.15) is 20.2 Å². The molecule has 0 aliphatic heterocycles. The Morgan fingerprint density at radius 3 is 0.767 bits per heavy atom. The maximum Gasteiger partial charge on any atom is 2.00 e. The van der Waals surface area contributed by atoms with Crippen molar-refractivity contribution in [3.05, 3.63) is 120 Å². The van der Waals surface area contributed by atoms with E-state index < -0.39 is 30.1 Å². The smallest absolute Gasteiger partial charge is 0.745 e. The van der Waals surface area contributed by atoms with Crippen molar-refractivity contribution < 1.29 is 86.1 Å². The number of hydrogen-bond acceptors (Lipinski definition) is 12. The molecule has 4 heterocycles. The maximum absolute atomic E-state index is 11.4. The summed E-state index contributed by atoms with van der Waals surface area (Å²) in [6, 6.07) is 17.1. The van der Waals surface area contributed by atoms with Crippen LogP contribution in [0.1, 0.15) is 22.8 Å². The Morgan fingerprint density at radius 1 is 0.465 bits per heavy atom. The van der Waals surface area contributed by atoms with E-state index >= 15 is 0 Å². The fourth-order valence-electron chi connectivity index (χ4n) is 3.03. The third-order valence-electron chi connectivity index (χ3n) is 4.77. The van der Waals surface area contributed by atoms with E-state index in [1.807, 2.05) is 0 Å². The molecule has 0 bridgehead atoms. The predicted molar refractivity (Wildman–Crippen MR) is 144 cm³/mol. The normalized spacial score (nSPS) is 10.3. The number of pyridine rings is 4. The molecule has 0 saturated heterocycles. The second-order valence-corrected chi connectivity index (χ2v) is 10.1. The van der Waals surface area contributed by atoms with Gasteiger partial charge in [-0.2, -0.15) is 0 Å². The topological polar surface area (TPSA) is 395 Å². The molecule has 0 spiro atoms. The SMILES string of the molecule is O.O.O.O.O.O.O=S(=O)([O-])C(O)(c1ccccn1)c1ccccn1.O=S(=O)([O-])C(O)(c1ccccn1)c1ccccn1.[Cu+2]. The molecule has 0 aliphatic carbocycles. The predicted octanol–water partition coefficient (Wildman–Crippen LogP) is -4.52. The first kappa shape index (κ1) is 49.3. The largest absolute Gasteiger partial charge is 2.00 e. The van der Waals surface area contributed by atoms with Crippen molar-refractivity contribution >= 4 is 20.2 Å². The summed E-state index contributed by atoms with van der Waals surface area (Å²) in [7, 11) is -10.2. The Morgan fingerprint density at radius 2 is 0.651 bits per heavy atom. The maximum atomic E-state index is 11.4. The van der Waals surface area contributed by atoms with Crippen molar-refractivity contribution in [3.63, 3.8) is 0 Å². The zero-order valence-corrected chi connectivity index (χ0v) is 24.1. The average Bonchev–Trinajstić information content (AvgIpc) is 2.89. The second kappa shape index (κ2) is 19.7. The van der Waals surface area contributed by atoms with E-state index in [1.54, 1.807) is 24.3 Å². The number of aromatic nitrogens is 4. The summed E-state index contributed by atoms with van der Waals surface area (Å²) >= 11 is 0. The molecule has 14 N–H and O–H groups in total. The van der Waals surface area contributed by atoms with Crippen molar-refractivity contribution in [2.75, 3.05) is 0 Å². The molecule has 0 fully saturated rings. The summed E-state index contributed by atoms with van der Waals surface area (Å²) in [5.74, 6) is 0. The third kappa shape index (κ3) is 10.4. The molecule has 4 rings (SSSR count). The molecular weight excluding hydrogens is 672 g/mol. The van der Waals surface area contributed by atoms with Gasteiger partial charge in [-0.15, -0.1) is 0 Å². The van der Waals surface area contributed by atoms with Gasteiger partial charge >= 0.3 is 17.1 Å². The Hall–Kier alpha value is -3.38. The first-order valence-corrected chi connectivity index (χ1v) is 12.8. The van der Waals surface area contributed by atoms with E-state index in [9.17, 15) is 36.2 Å². The van der Waals surface area contributed by atoms with E-state index in [0.717, 1.165) is 0 Å². The molecule has 1 radical (unpaired) electrons. The average molecular weight is 702 g/mol. The van der Waals surface area contributed by atoms with Crippen LogP contribution in [0.3, 0.4) is 0 Å². The molecule has 4 aromatic rings. The van der Waals surface area contributed by atoms with Crippen molar-refractivity contribution in [1.29, 1.82) is 0 Å². The molecule has 0 saturated carbocycles. The van der Waals surface area contributed by atoms with E-state index in [4.69, 9.17) is 0 Å². The van der Waals surface area contributed by atoms with Crippen LogP contribution < -0.4 is 0 Å². The van der Waals surface area contributed by atoms with Crippen LogP contribution in [-0.2, 0) is 47.2 Å². The monoisotopic (exact) mass is 701 g/mol. The molecule has 43 heavy (non-hydrogen) atoms. The standard InChI is InChI=1S/2C11H10N2O4S.Cu.6H2O/c2*14-11(18(15,16)17,9-5-1-3-7-12-9)10-6-2-4-8-13-10;;;;;;;/h2*1-8,14H,(H,15,16,17);;6*1H2/q;;+2;;;;;;/p-2. The first-order chi connectivity index (χ1) is 16.9. The van der Waals surface area contributed by atoms with Gasteiger partial charge in [0.05, 0.1) is 22.8 Å².